The molecule has 0 aromatic rings. The molecular formula is C13H24N2O3. The standard InChI is InChI=1S/C13H24N2O3/c1-3-10(14)11(16)15-8-13(12(17)18)6-4-9(2)5-7-13/h9-10H,3-8,14H2,1-2H3,(H,15,16)(H,17,18). The van der Waals surface area contributed by atoms with Gasteiger partial charge in [-0.1, -0.05) is 13.8 Å². The minimum atomic E-state index is -0.806. The van der Waals surface area contributed by atoms with Crippen LogP contribution in [0.25, 0.3) is 0 Å². The molecular weight excluding hydrogens is 232 g/mol. The van der Waals surface area contributed by atoms with Crippen LogP contribution >= 0.6 is 0 Å². The molecule has 1 unspecified atom stereocenters. The summed E-state index contributed by atoms with van der Waals surface area (Å²) in [5.74, 6) is -0.484. The van der Waals surface area contributed by atoms with Crippen LogP contribution in [0.3, 0.4) is 0 Å². The van der Waals surface area contributed by atoms with Gasteiger partial charge in [-0.05, 0) is 38.0 Å². The van der Waals surface area contributed by atoms with E-state index in [4.69, 9.17) is 5.73 Å². The highest BCUT2D eigenvalue weighted by atomic mass is 16.4. The molecule has 0 aromatic heterocycles. The second-order valence-corrected chi connectivity index (χ2v) is 5.50. The fraction of sp³-hybridized carbons (Fsp3) is 0.846. The first-order valence-electron chi connectivity index (χ1n) is 6.68. The zero-order valence-corrected chi connectivity index (χ0v) is 11.2. The Labute approximate surface area is 108 Å². The van der Waals surface area contributed by atoms with Gasteiger partial charge in [0.15, 0.2) is 0 Å². The van der Waals surface area contributed by atoms with Crippen LogP contribution in [0.4, 0.5) is 0 Å². The third-order valence-corrected chi connectivity index (χ3v) is 4.06. The van der Waals surface area contributed by atoms with Crippen molar-refractivity contribution in [3.63, 3.8) is 0 Å². The summed E-state index contributed by atoms with van der Waals surface area (Å²) in [5, 5.41) is 12.1. The summed E-state index contributed by atoms with van der Waals surface area (Å²) in [6.07, 6.45) is 3.63. The van der Waals surface area contributed by atoms with Crippen molar-refractivity contribution >= 4 is 11.9 Å². The largest absolute Gasteiger partial charge is 0.481 e. The summed E-state index contributed by atoms with van der Waals surface area (Å²) in [4.78, 5) is 23.1. The number of rotatable bonds is 5. The Kier molecular flexibility index (Phi) is 5.14. The van der Waals surface area contributed by atoms with E-state index >= 15 is 0 Å². The van der Waals surface area contributed by atoms with Crippen molar-refractivity contribution < 1.29 is 14.7 Å². The molecule has 1 aliphatic rings. The minimum Gasteiger partial charge on any atom is -0.481 e. The van der Waals surface area contributed by atoms with Crippen molar-refractivity contribution in [1.29, 1.82) is 0 Å². The van der Waals surface area contributed by atoms with Crippen molar-refractivity contribution in [2.24, 2.45) is 17.1 Å². The SMILES string of the molecule is CCC(N)C(=O)NCC1(C(=O)O)CCC(C)CC1. The summed E-state index contributed by atoms with van der Waals surface area (Å²) in [7, 11) is 0. The van der Waals surface area contributed by atoms with E-state index < -0.39 is 17.4 Å². The Balaban J connectivity index is 2.59. The van der Waals surface area contributed by atoms with Crippen LogP contribution in [0.15, 0.2) is 0 Å². The molecule has 5 nitrogen and oxygen atoms in total. The van der Waals surface area contributed by atoms with Gasteiger partial charge in [0, 0.05) is 6.54 Å². The van der Waals surface area contributed by atoms with Crippen LogP contribution in [0.1, 0.15) is 46.0 Å². The second kappa shape index (κ2) is 6.18. The number of carbonyl (C=O) groups is 2. The molecule has 4 N–H and O–H groups in total. The first-order chi connectivity index (χ1) is 8.41. The number of carboxylic acid groups (broad SMARTS) is 1. The summed E-state index contributed by atoms with van der Waals surface area (Å²) >= 11 is 0. The maximum absolute atomic E-state index is 11.6. The number of amides is 1. The first-order valence-corrected chi connectivity index (χ1v) is 6.68. The number of nitrogens with one attached hydrogen (secondary N) is 1. The van der Waals surface area contributed by atoms with E-state index in [1.165, 1.54) is 0 Å². The average molecular weight is 256 g/mol. The zero-order chi connectivity index (χ0) is 13.8. The molecule has 0 spiro atoms. The van der Waals surface area contributed by atoms with Crippen LogP contribution in [0, 0.1) is 11.3 Å². The van der Waals surface area contributed by atoms with Crippen LogP contribution in [-0.2, 0) is 9.59 Å². The molecule has 1 amide bonds. The Morgan fingerprint density at radius 1 is 1.44 bits per heavy atom. The molecule has 1 atom stereocenters. The second-order valence-electron chi connectivity index (χ2n) is 5.50. The third-order valence-electron chi connectivity index (χ3n) is 4.06. The van der Waals surface area contributed by atoms with Crippen molar-refractivity contribution in [1.82, 2.24) is 5.32 Å². The van der Waals surface area contributed by atoms with Gasteiger partial charge in [0.05, 0.1) is 11.5 Å². The maximum atomic E-state index is 11.6. The molecule has 0 heterocycles. The highest BCUT2D eigenvalue weighted by Crippen LogP contribution is 2.38. The van der Waals surface area contributed by atoms with Gasteiger partial charge in [-0.15, -0.1) is 0 Å². The van der Waals surface area contributed by atoms with Gasteiger partial charge in [-0.3, -0.25) is 9.59 Å². The van der Waals surface area contributed by atoms with E-state index in [0.29, 0.717) is 25.2 Å². The van der Waals surface area contributed by atoms with Crippen LogP contribution < -0.4 is 11.1 Å². The van der Waals surface area contributed by atoms with E-state index in [9.17, 15) is 14.7 Å². The summed E-state index contributed by atoms with van der Waals surface area (Å²) in [6.45, 7) is 4.17. The predicted molar refractivity (Wildman–Crippen MR) is 69.0 cm³/mol. The minimum absolute atomic E-state index is 0.196. The lowest BCUT2D eigenvalue weighted by Crippen LogP contribution is -2.49. The predicted octanol–water partition coefficient (Wildman–Crippen LogP) is 1.12. The molecule has 1 rings (SSSR count). The zero-order valence-electron chi connectivity index (χ0n) is 11.2. The van der Waals surface area contributed by atoms with Crippen molar-refractivity contribution in [2.45, 2.75) is 52.0 Å². The lowest BCUT2D eigenvalue weighted by molar-refractivity contribution is -0.151. The lowest BCUT2D eigenvalue weighted by atomic mass is 9.71. The number of hydrogen-bond donors (Lipinski definition) is 3. The normalized spacial score (nSPS) is 29.6. The number of aliphatic carboxylic acids is 1. The molecule has 1 aliphatic carbocycles. The van der Waals surface area contributed by atoms with E-state index in [1.54, 1.807) is 0 Å². The van der Waals surface area contributed by atoms with E-state index in [0.717, 1.165) is 12.8 Å². The first kappa shape index (κ1) is 15.0. The summed E-state index contributed by atoms with van der Waals surface area (Å²) in [5.41, 5.74) is 4.82. The van der Waals surface area contributed by atoms with Gasteiger partial charge in [-0.2, -0.15) is 0 Å². The summed E-state index contributed by atoms with van der Waals surface area (Å²) in [6, 6.07) is -0.543. The van der Waals surface area contributed by atoms with Crippen LogP contribution in [-0.4, -0.2) is 29.6 Å². The van der Waals surface area contributed by atoms with E-state index in [-0.39, 0.29) is 12.5 Å². The number of hydrogen-bond acceptors (Lipinski definition) is 3. The summed E-state index contributed by atoms with van der Waals surface area (Å²) < 4.78 is 0. The van der Waals surface area contributed by atoms with Crippen molar-refractivity contribution in [2.75, 3.05) is 6.54 Å². The molecule has 18 heavy (non-hydrogen) atoms. The van der Waals surface area contributed by atoms with Crippen molar-refractivity contribution in [3.8, 4) is 0 Å². The Hall–Kier alpha value is -1.10. The van der Waals surface area contributed by atoms with Crippen LogP contribution in [0.2, 0.25) is 0 Å². The molecule has 1 saturated carbocycles. The number of carbonyl (C=O) groups excluding carboxylic acids is 1. The lowest BCUT2D eigenvalue weighted by Gasteiger charge is -2.36. The Bertz CT molecular complexity index is 309. The highest BCUT2D eigenvalue weighted by Gasteiger charge is 2.41. The van der Waals surface area contributed by atoms with Crippen LogP contribution in [0.5, 0.6) is 0 Å². The van der Waals surface area contributed by atoms with Gasteiger partial charge in [0.25, 0.3) is 0 Å². The quantitative estimate of drug-likeness (QED) is 0.687. The topological polar surface area (TPSA) is 92.4 Å². The van der Waals surface area contributed by atoms with Gasteiger partial charge < -0.3 is 16.2 Å². The molecule has 0 radical (unpaired) electrons. The van der Waals surface area contributed by atoms with E-state index in [2.05, 4.69) is 12.2 Å². The molecule has 5 heteroatoms. The Morgan fingerprint density at radius 2 is 2.00 bits per heavy atom. The Morgan fingerprint density at radius 3 is 2.44 bits per heavy atom. The molecule has 0 aromatic carbocycles. The van der Waals surface area contributed by atoms with Gasteiger partial charge in [0.2, 0.25) is 5.91 Å². The molecule has 0 aliphatic heterocycles. The van der Waals surface area contributed by atoms with E-state index in [1.807, 2.05) is 6.92 Å². The monoisotopic (exact) mass is 256 g/mol. The molecule has 104 valence electrons. The maximum Gasteiger partial charge on any atom is 0.311 e. The molecule has 0 bridgehead atoms. The molecule has 1 fully saturated rings. The molecule has 0 saturated heterocycles. The van der Waals surface area contributed by atoms with Gasteiger partial charge >= 0.3 is 5.97 Å². The number of carboxylic acids is 1. The fourth-order valence-electron chi connectivity index (χ4n) is 2.35. The van der Waals surface area contributed by atoms with Gasteiger partial charge in [0.1, 0.15) is 0 Å². The fourth-order valence-corrected chi connectivity index (χ4v) is 2.35. The highest BCUT2D eigenvalue weighted by molar-refractivity contribution is 5.82. The third kappa shape index (κ3) is 3.45. The average Bonchev–Trinajstić information content (AvgIpc) is 2.36. The smallest absolute Gasteiger partial charge is 0.311 e. The van der Waals surface area contributed by atoms with Crippen molar-refractivity contribution in [3.05, 3.63) is 0 Å². The van der Waals surface area contributed by atoms with Gasteiger partial charge in [-0.25, -0.2) is 0 Å². The number of nitrogens with two attached hydrogens (primary N) is 1.